The molecule has 4 heteroatoms. The van der Waals surface area contributed by atoms with Crippen molar-refractivity contribution in [3.63, 3.8) is 0 Å². The minimum atomic E-state index is -0.785. The highest BCUT2D eigenvalue weighted by atomic mass is 16.5. The number of carboxylic acids is 1. The Morgan fingerprint density at radius 1 is 1.44 bits per heavy atom. The lowest BCUT2D eigenvalue weighted by atomic mass is 9.93. The molecule has 0 aliphatic carbocycles. The number of rotatable bonds is 3. The van der Waals surface area contributed by atoms with Crippen molar-refractivity contribution >= 4 is 5.97 Å². The quantitative estimate of drug-likeness (QED) is 0.886. The Balaban J connectivity index is 2.17. The standard InChI is InChI=1S/C14H19NO3/c1-11(13(16)17)15-8-9-18-14(2,10-15)12-6-4-3-5-7-12/h3-7,11H,8-10H2,1-2H3,(H,16,17)/t11-,14+/m0/s1. The van der Waals surface area contributed by atoms with E-state index in [4.69, 9.17) is 9.84 Å². The number of benzene rings is 1. The monoisotopic (exact) mass is 249 g/mol. The number of ether oxygens (including phenoxy) is 1. The average Bonchev–Trinajstić information content (AvgIpc) is 2.39. The molecule has 0 aromatic heterocycles. The Kier molecular flexibility index (Phi) is 3.68. The Bertz CT molecular complexity index is 420. The normalized spacial score (nSPS) is 26.8. The zero-order valence-corrected chi connectivity index (χ0v) is 10.8. The van der Waals surface area contributed by atoms with Crippen LogP contribution in [-0.4, -0.2) is 41.7 Å². The van der Waals surface area contributed by atoms with Crippen LogP contribution in [0.2, 0.25) is 0 Å². The average molecular weight is 249 g/mol. The van der Waals surface area contributed by atoms with Crippen LogP contribution < -0.4 is 0 Å². The van der Waals surface area contributed by atoms with Gasteiger partial charge < -0.3 is 9.84 Å². The van der Waals surface area contributed by atoms with Crippen molar-refractivity contribution in [2.75, 3.05) is 19.7 Å². The highest BCUT2D eigenvalue weighted by Crippen LogP contribution is 2.29. The van der Waals surface area contributed by atoms with Crippen LogP contribution in [0.3, 0.4) is 0 Å². The molecule has 1 aromatic rings. The van der Waals surface area contributed by atoms with Crippen LogP contribution in [0.25, 0.3) is 0 Å². The maximum atomic E-state index is 11.1. The van der Waals surface area contributed by atoms with E-state index in [1.807, 2.05) is 42.2 Å². The maximum absolute atomic E-state index is 11.1. The highest BCUT2D eigenvalue weighted by Gasteiger charge is 2.36. The van der Waals surface area contributed by atoms with Crippen LogP contribution in [0.1, 0.15) is 19.4 Å². The number of carboxylic acid groups (broad SMARTS) is 1. The van der Waals surface area contributed by atoms with Gasteiger partial charge in [-0.05, 0) is 19.4 Å². The van der Waals surface area contributed by atoms with Crippen molar-refractivity contribution in [2.24, 2.45) is 0 Å². The van der Waals surface area contributed by atoms with E-state index in [1.165, 1.54) is 0 Å². The molecule has 0 spiro atoms. The second-order valence-electron chi connectivity index (χ2n) is 4.93. The molecule has 1 heterocycles. The Labute approximate surface area is 107 Å². The van der Waals surface area contributed by atoms with Gasteiger partial charge in [0.2, 0.25) is 0 Å². The second-order valence-corrected chi connectivity index (χ2v) is 4.93. The van der Waals surface area contributed by atoms with Gasteiger partial charge in [0.1, 0.15) is 11.6 Å². The van der Waals surface area contributed by atoms with E-state index in [2.05, 4.69) is 0 Å². The van der Waals surface area contributed by atoms with Gasteiger partial charge in [-0.3, -0.25) is 9.69 Å². The van der Waals surface area contributed by atoms with E-state index in [-0.39, 0.29) is 0 Å². The zero-order valence-electron chi connectivity index (χ0n) is 10.8. The van der Waals surface area contributed by atoms with Gasteiger partial charge in [-0.1, -0.05) is 30.3 Å². The van der Waals surface area contributed by atoms with Gasteiger partial charge in [0.25, 0.3) is 0 Å². The van der Waals surface area contributed by atoms with Crippen molar-refractivity contribution in [1.29, 1.82) is 0 Å². The lowest BCUT2D eigenvalue weighted by molar-refractivity contribution is -0.151. The number of carbonyl (C=O) groups is 1. The molecule has 2 rings (SSSR count). The van der Waals surface area contributed by atoms with Crippen molar-refractivity contribution in [1.82, 2.24) is 4.90 Å². The molecule has 1 aromatic carbocycles. The summed E-state index contributed by atoms with van der Waals surface area (Å²) in [5.74, 6) is -0.785. The summed E-state index contributed by atoms with van der Waals surface area (Å²) >= 11 is 0. The summed E-state index contributed by atoms with van der Waals surface area (Å²) in [5, 5.41) is 9.09. The third-order valence-corrected chi connectivity index (χ3v) is 3.59. The molecule has 0 saturated carbocycles. The first-order valence-corrected chi connectivity index (χ1v) is 6.19. The lowest BCUT2D eigenvalue weighted by Crippen LogP contribution is -2.53. The first-order chi connectivity index (χ1) is 8.53. The van der Waals surface area contributed by atoms with E-state index >= 15 is 0 Å². The fourth-order valence-corrected chi connectivity index (χ4v) is 2.35. The van der Waals surface area contributed by atoms with Gasteiger partial charge in [-0.25, -0.2) is 0 Å². The summed E-state index contributed by atoms with van der Waals surface area (Å²) in [6.45, 7) is 5.56. The van der Waals surface area contributed by atoms with E-state index in [0.29, 0.717) is 19.7 Å². The number of hydrogen-bond acceptors (Lipinski definition) is 3. The van der Waals surface area contributed by atoms with Gasteiger partial charge in [-0.15, -0.1) is 0 Å². The second kappa shape index (κ2) is 5.08. The molecule has 1 aliphatic rings. The molecule has 1 N–H and O–H groups in total. The van der Waals surface area contributed by atoms with Crippen LogP contribution in [-0.2, 0) is 15.1 Å². The third kappa shape index (κ3) is 2.54. The summed E-state index contributed by atoms with van der Waals surface area (Å²) in [6, 6.07) is 9.49. The van der Waals surface area contributed by atoms with Crippen LogP contribution >= 0.6 is 0 Å². The molecule has 1 saturated heterocycles. The number of nitrogens with zero attached hydrogens (tertiary/aromatic N) is 1. The van der Waals surface area contributed by atoms with E-state index < -0.39 is 17.6 Å². The molecular formula is C14H19NO3. The summed E-state index contributed by atoms with van der Waals surface area (Å²) in [5.41, 5.74) is 0.663. The van der Waals surface area contributed by atoms with Gasteiger partial charge in [0.15, 0.2) is 0 Å². The summed E-state index contributed by atoms with van der Waals surface area (Å²) < 4.78 is 5.88. The molecule has 1 aliphatic heterocycles. The molecule has 98 valence electrons. The third-order valence-electron chi connectivity index (χ3n) is 3.59. The van der Waals surface area contributed by atoms with Crippen molar-refractivity contribution in [3.05, 3.63) is 35.9 Å². The molecule has 18 heavy (non-hydrogen) atoms. The molecule has 1 fully saturated rings. The van der Waals surface area contributed by atoms with Gasteiger partial charge in [0.05, 0.1) is 6.61 Å². The highest BCUT2D eigenvalue weighted by molar-refractivity contribution is 5.72. The summed E-state index contributed by atoms with van der Waals surface area (Å²) in [4.78, 5) is 13.0. The van der Waals surface area contributed by atoms with Crippen molar-refractivity contribution < 1.29 is 14.6 Å². The van der Waals surface area contributed by atoms with Crippen molar-refractivity contribution in [3.8, 4) is 0 Å². The summed E-state index contributed by atoms with van der Waals surface area (Å²) in [6.07, 6.45) is 0. The number of hydrogen-bond donors (Lipinski definition) is 1. The predicted molar refractivity (Wildman–Crippen MR) is 68.4 cm³/mol. The fraction of sp³-hybridized carbons (Fsp3) is 0.500. The number of aliphatic carboxylic acids is 1. The van der Waals surface area contributed by atoms with Gasteiger partial charge in [0, 0.05) is 13.1 Å². The topological polar surface area (TPSA) is 49.8 Å². The minimum Gasteiger partial charge on any atom is -0.480 e. The molecular weight excluding hydrogens is 230 g/mol. The van der Waals surface area contributed by atoms with E-state index in [1.54, 1.807) is 6.92 Å². The van der Waals surface area contributed by atoms with Gasteiger partial charge >= 0.3 is 5.97 Å². The molecule has 0 radical (unpaired) electrons. The summed E-state index contributed by atoms with van der Waals surface area (Å²) in [7, 11) is 0. The molecule has 2 atom stereocenters. The minimum absolute atomic E-state index is 0.427. The number of morpholine rings is 1. The first kappa shape index (κ1) is 13.1. The predicted octanol–water partition coefficient (Wildman–Crippen LogP) is 1.71. The largest absolute Gasteiger partial charge is 0.480 e. The Morgan fingerprint density at radius 3 is 2.72 bits per heavy atom. The fourth-order valence-electron chi connectivity index (χ4n) is 2.35. The smallest absolute Gasteiger partial charge is 0.320 e. The molecule has 0 amide bonds. The Hall–Kier alpha value is -1.39. The molecule has 4 nitrogen and oxygen atoms in total. The van der Waals surface area contributed by atoms with E-state index in [9.17, 15) is 4.79 Å². The van der Waals surface area contributed by atoms with Crippen molar-refractivity contribution in [2.45, 2.75) is 25.5 Å². The first-order valence-electron chi connectivity index (χ1n) is 6.19. The van der Waals surface area contributed by atoms with Gasteiger partial charge in [-0.2, -0.15) is 0 Å². The van der Waals surface area contributed by atoms with Crippen LogP contribution in [0.4, 0.5) is 0 Å². The van der Waals surface area contributed by atoms with Crippen LogP contribution in [0.15, 0.2) is 30.3 Å². The maximum Gasteiger partial charge on any atom is 0.320 e. The van der Waals surface area contributed by atoms with Crippen LogP contribution in [0.5, 0.6) is 0 Å². The molecule has 0 bridgehead atoms. The lowest BCUT2D eigenvalue weighted by Gasteiger charge is -2.42. The van der Waals surface area contributed by atoms with Crippen LogP contribution in [0, 0.1) is 0 Å². The SMILES string of the molecule is C[C@@H](C(=O)O)N1CCO[C@@](C)(c2ccccc2)C1. The Morgan fingerprint density at radius 2 is 2.11 bits per heavy atom. The molecule has 0 unspecified atom stereocenters. The zero-order chi connectivity index (χ0) is 13.2. The van der Waals surface area contributed by atoms with E-state index in [0.717, 1.165) is 5.56 Å².